The molecule has 0 aromatic carbocycles. The maximum absolute atomic E-state index is 9.48. The third-order valence-electron chi connectivity index (χ3n) is 1.38. The van der Waals surface area contributed by atoms with Crippen molar-refractivity contribution in [3.05, 3.63) is 9.78 Å². The minimum absolute atomic E-state index is 0.297. The number of halogens is 1. The van der Waals surface area contributed by atoms with E-state index >= 15 is 0 Å². The number of aliphatic hydroxyl groups is 1. The van der Waals surface area contributed by atoms with Crippen molar-refractivity contribution in [1.82, 2.24) is 4.90 Å². The third-order valence-corrected chi connectivity index (χ3v) is 2.00. The Bertz CT molecular complexity index is 198. The van der Waals surface area contributed by atoms with Crippen LogP contribution in [-0.2, 0) is 4.74 Å². The van der Waals surface area contributed by atoms with Gasteiger partial charge in [0.15, 0.2) is 0 Å². The lowest BCUT2D eigenvalue weighted by atomic mass is 10.2. The lowest BCUT2D eigenvalue weighted by Crippen LogP contribution is -2.43. The summed E-state index contributed by atoms with van der Waals surface area (Å²) in [5, 5.41) is 9.48. The Morgan fingerprint density at radius 2 is 2.17 bits per heavy atom. The molecule has 1 aliphatic rings. The van der Waals surface area contributed by atoms with E-state index in [1.54, 1.807) is 4.90 Å². The standard InChI is InChI=1S/C8H14INO2/c1-8(2,3)12-7(11)10-4-6(9)5-10/h4,7,11H,5H2,1-3H3. The number of hydrogen-bond acceptors (Lipinski definition) is 3. The molecule has 12 heavy (non-hydrogen) atoms. The third kappa shape index (κ3) is 2.91. The summed E-state index contributed by atoms with van der Waals surface area (Å²) in [6.07, 6.45) is 1.08. The van der Waals surface area contributed by atoms with E-state index in [4.69, 9.17) is 4.74 Å². The average molecular weight is 283 g/mol. The van der Waals surface area contributed by atoms with Crippen LogP contribution in [0.4, 0.5) is 0 Å². The molecule has 1 aliphatic heterocycles. The molecule has 0 fully saturated rings. The van der Waals surface area contributed by atoms with Gasteiger partial charge in [-0.05, 0) is 43.4 Å². The lowest BCUT2D eigenvalue weighted by molar-refractivity contribution is -0.228. The van der Waals surface area contributed by atoms with Crippen LogP contribution in [-0.4, -0.2) is 28.6 Å². The van der Waals surface area contributed by atoms with Gasteiger partial charge < -0.3 is 14.7 Å². The van der Waals surface area contributed by atoms with Crippen molar-refractivity contribution < 1.29 is 9.84 Å². The van der Waals surface area contributed by atoms with Gasteiger partial charge in [0, 0.05) is 9.78 Å². The van der Waals surface area contributed by atoms with Gasteiger partial charge in [0.05, 0.1) is 12.1 Å². The van der Waals surface area contributed by atoms with Crippen LogP contribution in [0.15, 0.2) is 9.78 Å². The molecule has 0 amide bonds. The number of hydrogen-bond donors (Lipinski definition) is 1. The van der Waals surface area contributed by atoms with Crippen LogP contribution >= 0.6 is 22.6 Å². The first-order chi connectivity index (χ1) is 5.38. The molecule has 0 aromatic heterocycles. The van der Waals surface area contributed by atoms with Crippen LogP contribution in [0.5, 0.6) is 0 Å². The fourth-order valence-electron chi connectivity index (χ4n) is 0.854. The highest BCUT2D eigenvalue weighted by Crippen LogP contribution is 2.23. The molecule has 0 radical (unpaired) electrons. The van der Waals surface area contributed by atoms with E-state index in [1.807, 2.05) is 27.0 Å². The molecule has 4 heteroatoms. The second-order valence-corrected chi connectivity index (χ2v) is 5.19. The fraction of sp³-hybridized carbons (Fsp3) is 0.750. The average Bonchev–Trinajstić information content (AvgIpc) is 1.76. The highest BCUT2D eigenvalue weighted by molar-refractivity contribution is 14.1. The van der Waals surface area contributed by atoms with Crippen molar-refractivity contribution in [2.24, 2.45) is 0 Å². The maximum atomic E-state index is 9.48. The molecule has 1 heterocycles. The highest BCUT2D eigenvalue weighted by atomic mass is 127. The topological polar surface area (TPSA) is 32.7 Å². The predicted molar refractivity (Wildman–Crippen MR) is 55.7 cm³/mol. The van der Waals surface area contributed by atoms with E-state index in [0.717, 1.165) is 6.54 Å². The first kappa shape index (κ1) is 10.3. The first-order valence-electron chi connectivity index (χ1n) is 3.86. The maximum Gasteiger partial charge on any atom is 0.238 e. The van der Waals surface area contributed by atoms with Gasteiger partial charge >= 0.3 is 0 Å². The summed E-state index contributed by atoms with van der Waals surface area (Å²) >= 11 is 2.23. The van der Waals surface area contributed by atoms with Gasteiger partial charge in [-0.25, -0.2) is 0 Å². The van der Waals surface area contributed by atoms with Crippen LogP contribution in [0.25, 0.3) is 0 Å². The van der Waals surface area contributed by atoms with E-state index in [-0.39, 0.29) is 5.60 Å². The summed E-state index contributed by atoms with van der Waals surface area (Å²) in [6, 6.07) is 0. The molecule has 1 atom stereocenters. The van der Waals surface area contributed by atoms with Gasteiger partial charge in [-0.15, -0.1) is 0 Å². The summed E-state index contributed by atoms with van der Waals surface area (Å²) in [4.78, 5) is 1.76. The predicted octanol–water partition coefficient (Wildman–Crippen LogP) is 1.67. The molecule has 0 saturated carbocycles. The van der Waals surface area contributed by atoms with Crippen LogP contribution in [0, 0.1) is 0 Å². The van der Waals surface area contributed by atoms with E-state index < -0.39 is 6.41 Å². The van der Waals surface area contributed by atoms with Crippen molar-refractivity contribution >= 4 is 22.6 Å². The molecule has 0 saturated heterocycles. The Hall–Kier alpha value is 0.190. The minimum atomic E-state index is -0.802. The first-order valence-corrected chi connectivity index (χ1v) is 4.94. The Morgan fingerprint density at radius 1 is 1.67 bits per heavy atom. The zero-order chi connectivity index (χ0) is 9.35. The molecule has 1 rings (SSSR count). The van der Waals surface area contributed by atoms with Crippen molar-refractivity contribution in [3.8, 4) is 0 Å². The second kappa shape index (κ2) is 3.51. The monoisotopic (exact) mass is 283 g/mol. The molecule has 1 unspecified atom stereocenters. The normalized spacial score (nSPS) is 20.1. The Kier molecular flexibility index (Phi) is 3.01. The van der Waals surface area contributed by atoms with Crippen molar-refractivity contribution in [1.29, 1.82) is 0 Å². The van der Waals surface area contributed by atoms with Gasteiger partial charge in [-0.2, -0.15) is 0 Å². The zero-order valence-corrected chi connectivity index (χ0v) is 9.70. The Labute approximate surface area is 86.5 Å². The van der Waals surface area contributed by atoms with E-state index in [2.05, 4.69) is 22.6 Å². The van der Waals surface area contributed by atoms with Crippen molar-refractivity contribution in [2.75, 3.05) is 6.54 Å². The number of ether oxygens (including phenoxy) is 1. The van der Waals surface area contributed by atoms with Gasteiger partial charge in [0.1, 0.15) is 0 Å². The molecule has 70 valence electrons. The minimum Gasteiger partial charge on any atom is -0.351 e. The molecular weight excluding hydrogens is 269 g/mol. The summed E-state index contributed by atoms with van der Waals surface area (Å²) in [5.41, 5.74) is -0.297. The highest BCUT2D eigenvalue weighted by Gasteiger charge is 2.25. The molecule has 0 aliphatic carbocycles. The van der Waals surface area contributed by atoms with Gasteiger partial charge in [0.25, 0.3) is 0 Å². The Balaban J connectivity index is 2.36. The van der Waals surface area contributed by atoms with Crippen LogP contribution in [0.1, 0.15) is 20.8 Å². The quantitative estimate of drug-likeness (QED) is 0.618. The summed E-state index contributed by atoms with van der Waals surface area (Å²) < 4.78 is 6.56. The molecule has 1 N–H and O–H groups in total. The Morgan fingerprint density at radius 3 is 2.50 bits per heavy atom. The SMILES string of the molecule is CC(C)(C)OC(O)N1C=C(I)C1. The summed E-state index contributed by atoms with van der Waals surface area (Å²) in [7, 11) is 0. The molecule has 0 aromatic rings. The second-order valence-electron chi connectivity index (χ2n) is 3.80. The molecule has 0 bridgehead atoms. The number of aliphatic hydroxyl groups excluding tert-OH is 1. The van der Waals surface area contributed by atoms with E-state index in [9.17, 15) is 5.11 Å². The zero-order valence-electron chi connectivity index (χ0n) is 7.54. The van der Waals surface area contributed by atoms with Crippen molar-refractivity contribution in [2.45, 2.75) is 32.8 Å². The van der Waals surface area contributed by atoms with Crippen LogP contribution < -0.4 is 0 Å². The van der Waals surface area contributed by atoms with Crippen molar-refractivity contribution in [3.63, 3.8) is 0 Å². The number of rotatable bonds is 2. The molecular formula is C8H14INO2. The largest absolute Gasteiger partial charge is 0.351 e. The van der Waals surface area contributed by atoms with E-state index in [1.165, 1.54) is 3.58 Å². The summed E-state index contributed by atoms with van der Waals surface area (Å²) in [5.74, 6) is 0. The summed E-state index contributed by atoms with van der Waals surface area (Å²) in [6.45, 7) is 6.55. The van der Waals surface area contributed by atoms with Gasteiger partial charge in [-0.1, -0.05) is 0 Å². The molecule has 0 spiro atoms. The fourth-order valence-corrected chi connectivity index (χ4v) is 1.61. The smallest absolute Gasteiger partial charge is 0.238 e. The van der Waals surface area contributed by atoms with Crippen LogP contribution in [0.2, 0.25) is 0 Å². The van der Waals surface area contributed by atoms with Crippen LogP contribution in [0.3, 0.4) is 0 Å². The van der Waals surface area contributed by atoms with E-state index in [0.29, 0.717) is 0 Å². The molecule has 3 nitrogen and oxygen atoms in total. The number of nitrogens with zero attached hydrogens (tertiary/aromatic N) is 1. The van der Waals surface area contributed by atoms with Gasteiger partial charge in [-0.3, -0.25) is 0 Å². The van der Waals surface area contributed by atoms with Gasteiger partial charge in [0.2, 0.25) is 6.41 Å². The lowest BCUT2D eigenvalue weighted by Gasteiger charge is -2.36.